The van der Waals surface area contributed by atoms with Crippen LogP contribution < -0.4 is 0 Å². The van der Waals surface area contributed by atoms with Gasteiger partial charge in [-0.05, 0) is 18.4 Å². The second-order valence-electron chi connectivity index (χ2n) is 3.27. The van der Waals surface area contributed by atoms with E-state index in [-0.39, 0.29) is 4.88 Å². The van der Waals surface area contributed by atoms with E-state index in [0.717, 1.165) is 17.4 Å². The number of carbonyl (C=O) groups is 1. The molecule has 1 rings (SSSR count). The van der Waals surface area contributed by atoms with Crippen LogP contribution in [-0.4, -0.2) is 18.1 Å². The van der Waals surface area contributed by atoms with E-state index in [2.05, 4.69) is 0 Å². The first-order valence-corrected chi connectivity index (χ1v) is 5.15. The maximum Gasteiger partial charge on any atom is 0.407 e. The van der Waals surface area contributed by atoms with E-state index in [1.807, 2.05) is 0 Å². The van der Waals surface area contributed by atoms with Crippen LogP contribution in [0, 0.1) is 12.8 Å². The largest absolute Gasteiger partial charge is 0.407 e. The van der Waals surface area contributed by atoms with E-state index in [1.165, 1.54) is 12.3 Å². The van der Waals surface area contributed by atoms with Gasteiger partial charge in [-0.3, -0.25) is 4.79 Å². The van der Waals surface area contributed by atoms with Crippen molar-refractivity contribution in [1.82, 2.24) is 0 Å². The van der Waals surface area contributed by atoms with Crippen LogP contribution in [0.15, 0.2) is 11.4 Å². The minimum absolute atomic E-state index is 0.133. The lowest BCUT2D eigenvalue weighted by atomic mass is 9.97. The maximum atomic E-state index is 12.3. The zero-order chi connectivity index (χ0) is 13.4. The molecule has 0 N–H and O–H groups in total. The highest BCUT2D eigenvalue weighted by atomic mass is 32.1. The van der Waals surface area contributed by atoms with Gasteiger partial charge in [-0.15, -0.1) is 11.3 Å². The number of Topliss-reactive ketones (excluding diaryl/α,β-unsaturated/α-hetero) is 1. The van der Waals surface area contributed by atoms with Gasteiger partial charge in [0.1, 0.15) is 0 Å². The summed E-state index contributed by atoms with van der Waals surface area (Å²) in [6, 6.07) is 0.965. The van der Waals surface area contributed by atoms with Crippen molar-refractivity contribution in [3.63, 3.8) is 0 Å². The zero-order valence-electron chi connectivity index (χ0n) is 8.32. The summed E-state index contributed by atoms with van der Waals surface area (Å²) >= 11 is 0.916. The van der Waals surface area contributed by atoms with Gasteiger partial charge in [-0.1, -0.05) is 0 Å². The highest BCUT2D eigenvalue weighted by molar-refractivity contribution is 7.10. The Morgan fingerprint density at radius 3 is 1.94 bits per heavy atom. The molecular weight excluding hydrogens is 270 g/mol. The van der Waals surface area contributed by atoms with Crippen LogP contribution in [0.3, 0.4) is 0 Å². The molecule has 0 aliphatic carbocycles. The van der Waals surface area contributed by atoms with Crippen molar-refractivity contribution in [3.05, 3.63) is 21.9 Å². The number of halogens is 6. The van der Waals surface area contributed by atoms with Crippen molar-refractivity contribution in [3.8, 4) is 0 Å². The fourth-order valence-corrected chi connectivity index (χ4v) is 1.98. The fourth-order valence-electron chi connectivity index (χ4n) is 1.28. The molecule has 1 heterocycles. The zero-order valence-corrected chi connectivity index (χ0v) is 9.13. The van der Waals surface area contributed by atoms with Crippen LogP contribution in [0.1, 0.15) is 15.2 Å². The molecule has 0 atom stereocenters. The number of alkyl halides is 6. The van der Waals surface area contributed by atoms with Gasteiger partial charge in [-0.2, -0.15) is 26.3 Å². The minimum Gasteiger partial charge on any atom is -0.293 e. The molecule has 0 aliphatic heterocycles. The van der Waals surface area contributed by atoms with Crippen molar-refractivity contribution < 1.29 is 31.1 Å². The van der Waals surface area contributed by atoms with Crippen molar-refractivity contribution >= 4 is 17.1 Å². The number of hydrogen-bond donors (Lipinski definition) is 0. The molecule has 0 saturated heterocycles. The molecule has 0 bridgehead atoms. The molecule has 0 unspecified atom stereocenters. The third-order valence-corrected chi connectivity index (χ3v) is 2.89. The molecule has 0 aromatic carbocycles. The second-order valence-corrected chi connectivity index (χ2v) is 4.39. The first-order valence-electron chi connectivity index (χ1n) is 4.27. The normalized spacial score (nSPS) is 13.2. The van der Waals surface area contributed by atoms with Gasteiger partial charge >= 0.3 is 12.4 Å². The molecule has 0 amide bonds. The average Bonchev–Trinajstić information content (AvgIpc) is 2.45. The fraction of sp³-hybridized carbons (Fsp3) is 0.444. The molecule has 0 radical (unpaired) electrons. The summed E-state index contributed by atoms with van der Waals surface area (Å²) in [6.07, 6.45) is -11.3. The summed E-state index contributed by atoms with van der Waals surface area (Å²) in [4.78, 5) is 11.4. The summed E-state index contributed by atoms with van der Waals surface area (Å²) in [6.45, 7) is 1.29. The third kappa shape index (κ3) is 2.99. The topological polar surface area (TPSA) is 17.1 Å². The molecular formula is C9H6F6OS. The summed E-state index contributed by atoms with van der Waals surface area (Å²) in [5, 5.41) is 1.27. The van der Waals surface area contributed by atoms with E-state index in [9.17, 15) is 31.1 Å². The summed E-state index contributed by atoms with van der Waals surface area (Å²) in [5.74, 6) is -5.91. The Labute approximate surface area is 96.1 Å². The predicted molar refractivity (Wildman–Crippen MR) is 49.0 cm³/mol. The maximum absolute atomic E-state index is 12.3. The molecule has 1 aromatic heterocycles. The number of carbonyl (C=O) groups excluding carboxylic acids is 1. The molecule has 0 aliphatic rings. The Hall–Kier alpha value is -1.05. The van der Waals surface area contributed by atoms with Gasteiger partial charge in [0, 0.05) is 10.4 Å². The molecule has 1 aromatic rings. The number of thiophene rings is 1. The average molecular weight is 276 g/mol. The Morgan fingerprint density at radius 1 is 1.18 bits per heavy atom. The molecule has 1 nitrogen and oxygen atoms in total. The SMILES string of the molecule is Cc1sccc1C(=O)C(C(F)(F)F)C(F)(F)F. The number of rotatable bonds is 2. The number of hydrogen-bond acceptors (Lipinski definition) is 2. The number of aryl methyl sites for hydroxylation is 1. The highest BCUT2D eigenvalue weighted by Gasteiger charge is 2.61. The van der Waals surface area contributed by atoms with Crippen molar-refractivity contribution in [2.75, 3.05) is 0 Å². The van der Waals surface area contributed by atoms with Gasteiger partial charge in [0.15, 0.2) is 5.78 Å². The third-order valence-electron chi connectivity index (χ3n) is 2.04. The Morgan fingerprint density at radius 2 is 1.65 bits per heavy atom. The molecule has 0 saturated carbocycles. The van der Waals surface area contributed by atoms with Crippen molar-refractivity contribution in [2.24, 2.45) is 5.92 Å². The standard InChI is InChI=1S/C9H6F6OS/c1-4-5(2-3-17-4)6(16)7(8(10,11)12)9(13,14)15/h2-3,7H,1H3. The van der Waals surface area contributed by atoms with Crippen LogP contribution in [0.4, 0.5) is 26.3 Å². The van der Waals surface area contributed by atoms with Gasteiger partial charge < -0.3 is 0 Å². The van der Waals surface area contributed by atoms with E-state index in [4.69, 9.17) is 0 Å². The molecule has 0 spiro atoms. The van der Waals surface area contributed by atoms with E-state index < -0.39 is 29.6 Å². The van der Waals surface area contributed by atoms with Crippen LogP contribution in [0.25, 0.3) is 0 Å². The molecule has 0 fully saturated rings. The van der Waals surface area contributed by atoms with Gasteiger partial charge in [0.2, 0.25) is 5.92 Å². The first-order chi connectivity index (χ1) is 7.55. The van der Waals surface area contributed by atoms with Gasteiger partial charge in [0.05, 0.1) is 0 Å². The second kappa shape index (κ2) is 4.32. The lowest BCUT2D eigenvalue weighted by molar-refractivity contribution is -0.264. The summed E-state index contributed by atoms with van der Waals surface area (Å²) < 4.78 is 73.5. The Bertz CT molecular complexity index is 402. The lowest BCUT2D eigenvalue weighted by Gasteiger charge is -2.21. The minimum atomic E-state index is -5.64. The predicted octanol–water partition coefficient (Wildman–Crippen LogP) is 3.98. The Balaban J connectivity index is 3.18. The summed E-state index contributed by atoms with van der Waals surface area (Å²) in [5.41, 5.74) is -0.533. The van der Waals surface area contributed by atoms with Crippen molar-refractivity contribution in [2.45, 2.75) is 19.3 Å². The van der Waals surface area contributed by atoms with E-state index in [0.29, 0.717) is 0 Å². The highest BCUT2D eigenvalue weighted by Crippen LogP contribution is 2.41. The quantitative estimate of drug-likeness (QED) is 0.590. The van der Waals surface area contributed by atoms with Crippen LogP contribution in [0.5, 0.6) is 0 Å². The number of ketones is 1. The molecule has 96 valence electrons. The summed E-state index contributed by atoms with van der Waals surface area (Å²) in [7, 11) is 0. The van der Waals surface area contributed by atoms with Gasteiger partial charge in [-0.25, -0.2) is 0 Å². The van der Waals surface area contributed by atoms with Crippen LogP contribution >= 0.6 is 11.3 Å². The van der Waals surface area contributed by atoms with Crippen molar-refractivity contribution in [1.29, 1.82) is 0 Å². The monoisotopic (exact) mass is 276 g/mol. The Kier molecular flexibility index (Phi) is 3.56. The van der Waals surface area contributed by atoms with Gasteiger partial charge in [0.25, 0.3) is 0 Å². The first kappa shape index (κ1) is 14.0. The lowest BCUT2D eigenvalue weighted by Crippen LogP contribution is -2.42. The van der Waals surface area contributed by atoms with E-state index >= 15 is 0 Å². The van der Waals surface area contributed by atoms with Crippen LogP contribution in [-0.2, 0) is 0 Å². The molecule has 8 heteroatoms. The smallest absolute Gasteiger partial charge is 0.293 e. The molecule has 17 heavy (non-hydrogen) atoms. The van der Waals surface area contributed by atoms with E-state index in [1.54, 1.807) is 0 Å². The van der Waals surface area contributed by atoms with Crippen LogP contribution in [0.2, 0.25) is 0 Å².